The molecule has 0 amide bonds. The van der Waals surface area contributed by atoms with Crippen molar-refractivity contribution < 1.29 is 44.9 Å². The van der Waals surface area contributed by atoms with Gasteiger partial charge in [-0.2, -0.15) is 0 Å². The summed E-state index contributed by atoms with van der Waals surface area (Å²) in [5, 5.41) is 13.0. The number of hydrogen-bond acceptors (Lipinski definition) is 3. The van der Waals surface area contributed by atoms with Gasteiger partial charge in [0.15, 0.2) is 0 Å². The Hall–Kier alpha value is 0.590. The molecule has 4 heteroatoms. The predicted molar refractivity (Wildman–Crippen MR) is 9.75 cm³/mol. The van der Waals surface area contributed by atoms with Crippen LogP contribution in [0.1, 0.15) is 0 Å². The van der Waals surface area contributed by atoms with Crippen molar-refractivity contribution in [2.75, 3.05) is 0 Å². The third-order valence-corrected chi connectivity index (χ3v) is 0. The van der Waals surface area contributed by atoms with Gasteiger partial charge in [0.1, 0.15) is 6.79 Å². The number of carbonyl (C=O) groups is 1. The van der Waals surface area contributed by atoms with Crippen LogP contribution in [-0.4, -0.2) is 12.0 Å². The molecule has 26 valence electrons. The summed E-state index contributed by atoms with van der Waals surface area (Å²) in [5.74, 6) is 0. The quantitative estimate of drug-likeness (QED) is 0.184. The van der Waals surface area contributed by atoms with E-state index < -0.39 is 0 Å². The summed E-state index contributed by atoms with van der Waals surface area (Å²) in [6.07, 6.45) is 0. The molecule has 0 aliphatic heterocycles. The minimum Gasteiger partial charge on any atom is -0.727 e. The van der Waals surface area contributed by atoms with E-state index in [4.69, 9.17) is 15.3 Å². The van der Waals surface area contributed by atoms with Crippen molar-refractivity contribution in [1.29, 1.82) is 0 Å². The molecule has 3 nitrogen and oxygen atoms in total. The number of carbonyl (C=O) groups excluding carboxylic acids is 1. The summed E-state index contributed by atoms with van der Waals surface area (Å²) in [4.78, 5) is 8.00. The van der Waals surface area contributed by atoms with E-state index in [2.05, 4.69) is 0 Å². The zero-order valence-corrected chi connectivity index (χ0v) is 4.97. The van der Waals surface area contributed by atoms with Gasteiger partial charge in [-0.1, -0.05) is 0 Å². The van der Waals surface area contributed by atoms with Crippen LogP contribution >= 0.6 is 0 Å². The Morgan fingerprint density at radius 2 is 1.40 bits per heavy atom. The van der Waals surface area contributed by atoms with Crippen LogP contribution in [-0.2, 0) is 4.79 Å². The average Bonchev–Trinajstić information content (AvgIpc) is 1.50. The minimum atomic E-state index is 0. The second kappa shape index (κ2) is 170. The summed E-state index contributed by atoms with van der Waals surface area (Å²) >= 11 is 0. The molecule has 0 bridgehead atoms. The third kappa shape index (κ3) is 88.5. The Labute approximate surface area is 51.8 Å². The fraction of sp³-hybridized carbons (Fsp3) is 0. The Bertz CT molecular complexity index is 6.85. The van der Waals surface area contributed by atoms with Crippen molar-refractivity contribution in [3.05, 3.63) is 0 Å². The topological polar surface area (TPSA) is 60.4 Å². The Morgan fingerprint density at radius 3 is 1.40 bits per heavy atom. The van der Waals surface area contributed by atoms with Crippen LogP contribution < -0.4 is 34.8 Å². The van der Waals surface area contributed by atoms with Gasteiger partial charge >= 0.3 is 29.6 Å². The minimum absolute atomic E-state index is 0. The van der Waals surface area contributed by atoms with Gasteiger partial charge in [-0.15, -0.1) is 0 Å². The van der Waals surface area contributed by atoms with Crippen LogP contribution in [0, 0.1) is 0 Å². The Morgan fingerprint density at radius 1 is 1.40 bits per heavy atom. The van der Waals surface area contributed by atoms with Gasteiger partial charge in [0.25, 0.3) is 0 Å². The number of rotatable bonds is 0. The zero-order valence-electron chi connectivity index (χ0n) is 2.97. The van der Waals surface area contributed by atoms with E-state index in [-0.39, 0.29) is 29.6 Å². The number of hydrogen-bond donors (Lipinski definition) is 1. The maximum atomic E-state index is 8.00. The molecule has 0 heterocycles. The average molecular weight is 86.0 g/mol. The van der Waals surface area contributed by atoms with Crippen molar-refractivity contribution in [2.45, 2.75) is 0 Å². The van der Waals surface area contributed by atoms with Crippen molar-refractivity contribution in [2.24, 2.45) is 0 Å². The van der Waals surface area contributed by atoms with E-state index in [0.29, 0.717) is 0 Å². The van der Waals surface area contributed by atoms with Gasteiger partial charge in [-0.25, -0.2) is 0 Å². The predicted octanol–water partition coefficient (Wildman–Crippen LogP) is -4.36. The maximum Gasteiger partial charge on any atom is 1.00 e. The summed E-state index contributed by atoms with van der Waals surface area (Å²) < 4.78 is 0. The van der Waals surface area contributed by atoms with Crippen LogP contribution in [0.3, 0.4) is 0 Å². The van der Waals surface area contributed by atoms with E-state index >= 15 is 0 Å². The molecule has 0 fully saturated rings. The monoisotopic (exact) mass is 86.0 g/mol. The fourth-order valence-electron chi connectivity index (χ4n) is 0. The smallest absolute Gasteiger partial charge is 0.727 e. The van der Waals surface area contributed by atoms with Crippen LogP contribution in [0.2, 0.25) is 0 Å². The molecule has 0 aromatic rings. The van der Waals surface area contributed by atoms with Crippen LogP contribution in [0.4, 0.5) is 0 Å². The molecule has 0 aliphatic rings. The fourth-order valence-corrected chi connectivity index (χ4v) is 0. The Kier molecular flexibility index (Phi) is 597. The molecule has 0 radical (unpaired) electrons. The molecule has 0 unspecified atom stereocenters. The van der Waals surface area contributed by atoms with Crippen LogP contribution in [0.25, 0.3) is 0 Å². The second-order valence-corrected chi connectivity index (χ2v) is 0. The molecule has 5 heavy (non-hydrogen) atoms. The van der Waals surface area contributed by atoms with Crippen molar-refractivity contribution >= 4 is 6.79 Å². The van der Waals surface area contributed by atoms with E-state index in [9.17, 15) is 0 Å². The van der Waals surface area contributed by atoms with E-state index in [1.165, 1.54) is 0 Å². The van der Waals surface area contributed by atoms with Gasteiger partial charge in [-0.3, -0.25) is 0 Å². The summed E-state index contributed by atoms with van der Waals surface area (Å²) in [7, 11) is 0. The second-order valence-electron chi connectivity index (χ2n) is 0. The van der Waals surface area contributed by atoms with Gasteiger partial charge in [-0.05, 0) is 0 Å². The molecular weight excluding hydrogens is 83.0 g/mol. The van der Waals surface area contributed by atoms with E-state index in [1.54, 1.807) is 0 Å². The summed E-state index contributed by atoms with van der Waals surface area (Å²) in [6, 6.07) is 0. The van der Waals surface area contributed by atoms with Gasteiger partial charge in [0, 0.05) is 0 Å². The molecule has 0 saturated carbocycles. The van der Waals surface area contributed by atoms with Crippen molar-refractivity contribution in [1.82, 2.24) is 0 Å². The standard InChI is InChI=1S/CH2O.Na.H2O2/c1-2;;1-2/h1H2;;1-2H/q;+1;/p-1. The Balaban J connectivity index is -0.0000000133. The molecular formula is CH3NaO3. The molecule has 0 aromatic heterocycles. The van der Waals surface area contributed by atoms with Crippen LogP contribution in [0.15, 0.2) is 0 Å². The molecule has 0 saturated heterocycles. The maximum absolute atomic E-state index is 8.00. The first-order valence-electron chi connectivity index (χ1n) is 0.471. The summed E-state index contributed by atoms with van der Waals surface area (Å²) in [5.41, 5.74) is 0. The molecule has 0 spiro atoms. The van der Waals surface area contributed by atoms with Gasteiger partial charge in [0.05, 0.1) is 0 Å². The van der Waals surface area contributed by atoms with Crippen molar-refractivity contribution in [3.8, 4) is 0 Å². The molecule has 0 rings (SSSR count). The third-order valence-electron chi connectivity index (χ3n) is 0. The van der Waals surface area contributed by atoms with Gasteiger partial charge < -0.3 is 15.3 Å². The van der Waals surface area contributed by atoms with Crippen LogP contribution in [0.5, 0.6) is 0 Å². The van der Waals surface area contributed by atoms with E-state index in [1.807, 2.05) is 6.79 Å². The normalized spacial score (nSPS) is 2.00. The zero-order chi connectivity index (χ0) is 4.00. The SMILES string of the molecule is C=O.[Na+].[O-]O. The molecule has 0 atom stereocenters. The van der Waals surface area contributed by atoms with Gasteiger partial charge in [0.2, 0.25) is 0 Å². The first-order valence-corrected chi connectivity index (χ1v) is 0.471. The molecule has 0 aromatic carbocycles. The van der Waals surface area contributed by atoms with Crippen molar-refractivity contribution in [3.63, 3.8) is 0 Å². The van der Waals surface area contributed by atoms with E-state index in [0.717, 1.165) is 0 Å². The first-order chi connectivity index (χ1) is 2.00. The molecule has 1 N–H and O–H groups in total. The molecule has 0 aliphatic carbocycles. The summed E-state index contributed by atoms with van der Waals surface area (Å²) in [6.45, 7) is 2.00. The first kappa shape index (κ1) is 17.6. The largest absolute Gasteiger partial charge is 1.00 e.